The number of carbonyl (C=O) groups excluding carboxylic acids is 1. The molecule has 0 amide bonds. The number of carbonyl (C=O) groups is 1. The van der Waals surface area contributed by atoms with Crippen molar-refractivity contribution in [1.82, 2.24) is 5.32 Å². The third-order valence-corrected chi connectivity index (χ3v) is 4.24. The number of nitrogens with one attached hydrogen (secondary N) is 1. The summed E-state index contributed by atoms with van der Waals surface area (Å²) in [6.07, 6.45) is 2.12. The number of benzene rings is 1. The Bertz CT molecular complexity index is 593. The molecule has 4 nitrogen and oxygen atoms in total. The Hall–Kier alpha value is -1.81. The molecule has 1 aromatic rings. The van der Waals surface area contributed by atoms with Crippen molar-refractivity contribution in [2.45, 2.75) is 39.2 Å². The van der Waals surface area contributed by atoms with Crippen molar-refractivity contribution < 1.29 is 14.3 Å². The summed E-state index contributed by atoms with van der Waals surface area (Å²) in [7, 11) is 3.27. The molecule has 2 rings (SSSR count). The van der Waals surface area contributed by atoms with E-state index in [1.54, 1.807) is 14.2 Å². The van der Waals surface area contributed by atoms with Crippen molar-refractivity contribution >= 4 is 5.78 Å². The third-order valence-electron chi connectivity index (χ3n) is 4.24. The summed E-state index contributed by atoms with van der Waals surface area (Å²) in [4.78, 5) is 12.4. The maximum Gasteiger partial charge on any atom is 0.161 e. The summed E-state index contributed by atoms with van der Waals surface area (Å²) in [6.45, 7) is 9.02. The average Bonchev–Trinajstić information content (AvgIpc) is 2.53. The summed E-state index contributed by atoms with van der Waals surface area (Å²) in [5.41, 5.74) is 3.06. The summed E-state index contributed by atoms with van der Waals surface area (Å²) in [5.74, 6) is 2.03. The molecule has 0 radical (unpaired) electrons. The summed E-state index contributed by atoms with van der Waals surface area (Å²) in [6, 6.07) is 4.02. The van der Waals surface area contributed by atoms with E-state index in [1.807, 2.05) is 12.1 Å². The van der Waals surface area contributed by atoms with Crippen LogP contribution in [0.1, 0.15) is 43.9 Å². The summed E-state index contributed by atoms with van der Waals surface area (Å²) >= 11 is 0. The van der Waals surface area contributed by atoms with Crippen LogP contribution < -0.4 is 14.8 Å². The van der Waals surface area contributed by atoms with Gasteiger partial charge in [0.2, 0.25) is 0 Å². The van der Waals surface area contributed by atoms with E-state index in [4.69, 9.17) is 9.47 Å². The van der Waals surface area contributed by atoms with E-state index in [-0.39, 0.29) is 11.8 Å². The van der Waals surface area contributed by atoms with Gasteiger partial charge in [-0.3, -0.25) is 4.79 Å². The van der Waals surface area contributed by atoms with Crippen molar-refractivity contribution in [3.8, 4) is 11.5 Å². The number of rotatable bonds is 7. The van der Waals surface area contributed by atoms with Crippen LogP contribution in [0.3, 0.4) is 0 Å². The number of fused-ring (bicyclic) bond motifs is 1. The Kier molecular flexibility index (Phi) is 5.83. The van der Waals surface area contributed by atoms with Crippen LogP contribution in [-0.4, -0.2) is 26.5 Å². The number of hydrogen-bond acceptors (Lipinski definition) is 4. The molecule has 126 valence electrons. The largest absolute Gasteiger partial charge is 0.493 e. The second kappa shape index (κ2) is 7.64. The van der Waals surface area contributed by atoms with Crippen molar-refractivity contribution in [2.75, 3.05) is 20.8 Å². The van der Waals surface area contributed by atoms with Gasteiger partial charge in [0.05, 0.1) is 14.2 Å². The predicted octanol–water partition coefficient (Wildman–Crippen LogP) is 3.45. The van der Waals surface area contributed by atoms with E-state index in [9.17, 15) is 4.79 Å². The minimum atomic E-state index is 0.00923. The van der Waals surface area contributed by atoms with Gasteiger partial charge < -0.3 is 14.8 Å². The Morgan fingerprint density at radius 3 is 2.57 bits per heavy atom. The molecular formula is C19H27NO3. The topological polar surface area (TPSA) is 47.6 Å². The second-order valence-corrected chi connectivity index (χ2v) is 6.49. The molecule has 1 heterocycles. The third kappa shape index (κ3) is 4.14. The fourth-order valence-electron chi connectivity index (χ4n) is 3.09. The van der Waals surface area contributed by atoms with Crippen LogP contribution in [0.4, 0.5) is 0 Å². The Balaban J connectivity index is 2.21. The first-order chi connectivity index (χ1) is 11.0. The molecule has 0 fully saturated rings. The van der Waals surface area contributed by atoms with E-state index >= 15 is 0 Å². The van der Waals surface area contributed by atoms with Crippen molar-refractivity contribution in [1.29, 1.82) is 0 Å². The molecule has 23 heavy (non-hydrogen) atoms. The lowest BCUT2D eigenvalue weighted by Gasteiger charge is -2.28. The molecule has 1 aliphatic rings. The number of ether oxygens (including phenoxy) is 2. The van der Waals surface area contributed by atoms with Gasteiger partial charge in [-0.15, -0.1) is 0 Å². The molecule has 0 unspecified atom stereocenters. The lowest BCUT2D eigenvalue weighted by atomic mass is 9.88. The van der Waals surface area contributed by atoms with Crippen molar-refractivity contribution in [3.05, 3.63) is 35.4 Å². The minimum absolute atomic E-state index is 0.00923. The van der Waals surface area contributed by atoms with E-state index in [0.717, 1.165) is 36.3 Å². The van der Waals surface area contributed by atoms with Crippen molar-refractivity contribution in [3.63, 3.8) is 0 Å². The molecule has 0 spiro atoms. The summed E-state index contributed by atoms with van der Waals surface area (Å²) < 4.78 is 10.8. The molecule has 0 saturated carbocycles. The van der Waals surface area contributed by atoms with Gasteiger partial charge in [-0.1, -0.05) is 20.4 Å². The first kappa shape index (κ1) is 17.5. The maximum atomic E-state index is 12.4. The van der Waals surface area contributed by atoms with E-state index < -0.39 is 0 Å². The molecule has 4 heteroatoms. The van der Waals surface area contributed by atoms with Gasteiger partial charge in [-0.25, -0.2) is 0 Å². The fraction of sp³-hybridized carbons (Fsp3) is 0.526. The SMILES string of the molecule is C=C(CC(C)C)C(=O)C[C@H]1NCCc2cc(OC)c(OC)cc21. The molecule has 0 saturated heterocycles. The number of Topliss-reactive ketones (excluding diaryl/α,β-unsaturated/α-hetero) is 1. The zero-order valence-corrected chi connectivity index (χ0v) is 14.6. The van der Waals surface area contributed by atoms with Crippen LogP contribution in [0.5, 0.6) is 11.5 Å². The van der Waals surface area contributed by atoms with Gasteiger partial charge >= 0.3 is 0 Å². The Labute approximate surface area is 138 Å². The predicted molar refractivity (Wildman–Crippen MR) is 92.2 cm³/mol. The first-order valence-corrected chi connectivity index (χ1v) is 8.15. The van der Waals surface area contributed by atoms with Gasteiger partial charge in [0, 0.05) is 12.5 Å². The fourth-order valence-corrected chi connectivity index (χ4v) is 3.09. The van der Waals surface area contributed by atoms with Crippen LogP contribution >= 0.6 is 0 Å². The highest BCUT2D eigenvalue weighted by molar-refractivity contribution is 5.95. The van der Waals surface area contributed by atoms with Gasteiger partial charge in [-0.2, -0.15) is 0 Å². The Morgan fingerprint density at radius 1 is 1.30 bits per heavy atom. The van der Waals surface area contributed by atoms with E-state index in [0.29, 0.717) is 18.1 Å². The Morgan fingerprint density at radius 2 is 1.96 bits per heavy atom. The zero-order valence-electron chi connectivity index (χ0n) is 14.6. The van der Waals surface area contributed by atoms with E-state index in [1.165, 1.54) is 5.56 Å². The molecule has 1 atom stereocenters. The second-order valence-electron chi connectivity index (χ2n) is 6.49. The zero-order chi connectivity index (χ0) is 17.0. The molecule has 0 aliphatic carbocycles. The van der Waals surface area contributed by atoms with Gasteiger partial charge in [0.25, 0.3) is 0 Å². The highest BCUT2D eigenvalue weighted by Gasteiger charge is 2.25. The van der Waals surface area contributed by atoms with Crippen molar-refractivity contribution in [2.24, 2.45) is 5.92 Å². The number of hydrogen-bond donors (Lipinski definition) is 1. The number of methoxy groups -OCH3 is 2. The lowest BCUT2D eigenvalue weighted by molar-refractivity contribution is -0.116. The minimum Gasteiger partial charge on any atom is -0.493 e. The van der Waals surface area contributed by atoms with Crippen LogP contribution in [0.25, 0.3) is 0 Å². The monoisotopic (exact) mass is 317 g/mol. The molecule has 0 aromatic heterocycles. The van der Waals surface area contributed by atoms with Crippen LogP contribution in [0, 0.1) is 5.92 Å². The van der Waals surface area contributed by atoms with Gasteiger partial charge in [0.15, 0.2) is 17.3 Å². The smallest absolute Gasteiger partial charge is 0.161 e. The number of ketones is 1. The summed E-state index contributed by atoms with van der Waals surface area (Å²) in [5, 5.41) is 3.44. The average molecular weight is 317 g/mol. The van der Waals surface area contributed by atoms with Crippen LogP contribution in [-0.2, 0) is 11.2 Å². The molecular weight excluding hydrogens is 290 g/mol. The highest BCUT2D eigenvalue weighted by Crippen LogP contribution is 2.36. The normalized spacial score (nSPS) is 16.8. The van der Waals surface area contributed by atoms with Crippen LogP contribution in [0.2, 0.25) is 0 Å². The quantitative estimate of drug-likeness (QED) is 0.783. The van der Waals surface area contributed by atoms with E-state index in [2.05, 4.69) is 25.7 Å². The lowest BCUT2D eigenvalue weighted by Crippen LogP contribution is -2.31. The van der Waals surface area contributed by atoms with Gasteiger partial charge in [-0.05, 0) is 54.1 Å². The maximum absolute atomic E-state index is 12.4. The molecule has 1 N–H and O–H groups in total. The molecule has 1 aromatic carbocycles. The molecule has 1 aliphatic heterocycles. The molecule has 0 bridgehead atoms. The number of allylic oxidation sites excluding steroid dienone is 1. The standard InChI is InChI=1S/C19H27NO3/c1-12(2)8-13(3)17(21)11-16-15-10-19(23-5)18(22-4)9-14(15)6-7-20-16/h9-10,12,16,20H,3,6-8,11H2,1-2,4-5H3/t16-/m1/s1. The van der Waals surface area contributed by atoms with Gasteiger partial charge in [0.1, 0.15) is 0 Å². The van der Waals surface area contributed by atoms with Crippen LogP contribution in [0.15, 0.2) is 24.3 Å². The highest BCUT2D eigenvalue weighted by atomic mass is 16.5. The first-order valence-electron chi connectivity index (χ1n) is 8.15.